The molecule has 0 atom stereocenters. The van der Waals surface area contributed by atoms with Crippen molar-refractivity contribution in [2.75, 3.05) is 0 Å². The highest BCUT2D eigenvalue weighted by Crippen LogP contribution is 2.14. The molecule has 0 aliphatic rings. The quantitative estimate of drug-likeness (QED) is 0.584. The fourth-order valence-corrected chi connectivity index (χ4v) is 1.38. The third-order valence-corrected chi connectivity index (χ3v) is 2.46. The molecule has 0 aliphatic heterocycles. The minimum Gasteiger partial charge on any atom is -0.507 e. The fourth-order valence-electron chi connectivity index (χ4n) is 1.38. The standard InChI is InChI=1S/C7H5NO4.C7H6O3/c9-7(10)5-1-3-6(4-2-5)8(11)12;8-6-4-2-1-3-5(6)7(9)10/h1-4H,(H,9,10);1-4,8H,(H,9,10). The van der Waals surface area contributed by atoms with E-state index in [-0.39, 0.29) is 22.6 Å². The van der Waals surface area contributed by atoms with Crippen LogP contribution in [-0.2, 0) is 0 Å². The third kappa shape index (κ3) is 4.60. The van der Waals surface area contributed by atoms with Gasteiger partial charge in [0.2, 0.25) is 0 Å². The summed E-state index contributed by atoms with van der Waals surface area (Å²) >= 11 is 0. The lowest BCUT2D eigenvalue weighted by molar-refractivity contribution is -0.384. The number of carboxylic acid groups (broad SMARTS) is 2. The predicted octanol–water partition coefficient (Wildman–Crippen LogP) is 2.38. The Labute approximate surface area is 124 Å². The second kappa shape index (κ2) is 7.39. The number of nitro benzene ring substituents is 1. The first-order valence-electron chi connectivity index (χ1n) is 5.82. The molecule has 0 aliphatic carbocycles. The van der Waals surface area contributed by atoms with Crippen molar-refractivity contribution < 1.29 is 29.8 Å². The van der Waals surface area contributed by atoms with Crippen LogP contribution in [0.4, 0.5) is 5.69 Å². The van der Waals surface area contributed by atoms with Crippen LogP contribution in [0.5, 0.6) is 5.75 Å². The second-order valence-corrected chi connectivity index (χ2v) is 3.93. The summed E-state index contributed by atoms with van der Waals surface area (Å²) in [6.45, 7) is 0. The molecule has 2 aromatic rings. The van der Waals surface area contributed by atoms with Gasteiger partial charge in [-0.25, -0.2) is 9.59 Å². The van der Waals surface area contributed by atoms with Crippen molar-refractivity contribution >= 4 is 17.6 Å². The number of nitro groups is 1. The number of benzene rings is 2. The van der Waals surface area contributed by atoms with Crippen LogP contribution in [0.2, 0.25) is 0 Å². The Morgan fingerprint density at radius 1 is 0.909 bits per heavy atom. The lowest BCUT2D eigenvalue weighted by Crippen LogP contribution is -1.96. The van der Waals surface area contributed by atoms with Crippen molar-refractivity contribution in [2.24, 2.45) is 0 Å². The molecule has 2 aromatic carbocycles. The molecule has 8 heteroatoms. The first kappa shape index (κ1) is 16.6. The Balaban J connectivity index is 0.000000224. The van der Waals surface area contributed by atoms with Crippen molar-refractivity contribution in [3.05, 3.63) is 69.8 Å². The summed E-state index contributed by atoms with van der Waals surface area (Å²) in [5.41, 5.74) is -0.136. The van der Waals surface area contributed by atoms with E-state index >= 15 is 0 Å². The van der Waals surface area contributed by atoms with Crippen LogP contribution >= 0.6 is 0 Å². The van der Waals surface area contributed by atoms with Gasteiger partial charge in [-0.3, -0.25) is 10.1 Å². The first-order chi connectivity index (χ1) is 10.3. The number of rotatable bonds is 3. The number of hydrogen-bond acceptors (Lipinski definition) is 5. The largest absolute Gasteiger partial charge is 0.507 e. The van der Waals surface area contributed by atoms with Gasteiger partial charge >= 0.3 is 11.9 Å². The van der Waals surface area contributed by atoms with Crippen molar-refractivity contribution in [1.29, 1.82) is 0 Å². The summed E-state index contributed by atoms with van der Waals surface area (Å²) in [5.74, 6) is -2.40. The van der Waals surface area contributed by atoms with E-state index in [9.17, 15) is 19.7 Å². The molecule has 0 spiro atoms. The zero-order chi connectivity index (χ0) is 16.7. The maximum Gasteiger partial charge on any atom is 0.339 e. The van der Waals surface area contributed by atoms with Gasteiger partial charge in [-0.2, -0.15) is 0 Å². The second-order valence-electron chi connectivity index (χ2n) is 3.93. The van der Waals surface area contributed by atoms with Gasteiger partial charge in [-0.05, 0) is 24.3 Å². The van der Waals surface area contributed by atoms with E-state index in [0.29, 0.717) is 0 Å². The number of aromatic hydroxyl groups is 1. The van der Waals surface area contributed by atoms with Crippen LogP contribution in [0.15, 0.2) is 48.5 Å². The molecule has 0 aromatic heterocycles. The van der Waals surface area contributed by atoms with E-state index < -0.39 is 16.9 Å². The summed E-state index contributed by atoms with van der Waals surface area (Å²) in [5, 5.41) is 35.9. The monoisotopic (exact) mass is 305 g/mol. The van der Waals surface area contributed by atoms with Crippen molar-refractivity contribution in [1.82, 2.24) is 0 Å². The van der Waals surface area contributed by atoms with Crippen LogP contribution in [-0.4, -0.2) is 32.2 Å². The van der Waals surface area contributed by atoms with Gasteiger partial charge in [0.05, 0.1) is 10.5 Å². The van der Waals surface area contributed by atoms with E-state index in [0.717, 1.165) is 12.1 Å². The maximum absolute atomic E-state index is 10.3. The molecule has 2 rings (SSSR count). The Hall–Kier alpha value is -3.42. The number of nitrogens with zero attached hydrogens (tertiary/aromatic N) is 1. The smallest absolute Gasteiger partial charge is 0.339 e. The molecule has 0 heterocycles. The highest BCUT2D eigenvalue weighted by Gasteiger charge is 2.07. The normalized spacial score (nSPS) is 9.27. The summed E-state index contributed by atoms with van der Waals surface area (Å²) in [6.07, 6.45) is 0. The maximum atomic E-state index is 10.3. The molecule has 114 valence electrons. The lowest BCUT2D eigenvalue weighted by atomic mass is 10.2. The topological polar surface area (TPSA) is 138 Å². The summed E-state index contributed by atoms with van der Waals surface area (Å²) in [4.78, 5) is 30.1. The average molecular weight is 305 g/mol. The van der Waals surface area contributed by atoms with E-state index in [2.05, 4.69) is 0 Å². The highest BCUT2D eigenvalue weighted by atomic mass is 16.6. The van der Waals surface area contributed by atoms with Crippen LogP contribution in [0.1, 0.15) is 20.7 Å². The van der Waals surface area contributed by atoms with Crippen LogP contribution in [0, 0.1) is 10.1 Å². The molecule has 0 fully saturated rings. The number of hydrogen-bond donors (Lipinski definition) is 3. The summed E-state index contributed by atoms with van der Waals surface area (Å²) < 4.78 is 0. The van der Waals surface area contributed by atoms with Crippen molar-refractivity contribution in [3.63, 3.8) is 0 Å². The van der Waals surface area contributed by atoms with Gasteiger partial charge in [-0.15, -0.1) is 0 Å². The number of phenols is 1. The van der Waals surface area contributed by atoms with Gasteiger partial charge in [0.1, 0.15) is 11.3 Å². The molecule has 0 saturated heterocycles. The predicted molar refractivity (Wildman–Crippen MR) is 75.1 cm³/mol. The first-order valence-corrected chi connectivity index (χ1v) is 5.82. The van der Waals surface area contributed by atoms with E-state index in [1.54, 1.807) is 12.1 Å². The minimum atomic E-state index is -1.11. The molecule has 0 unspecified atom stereocenters. The van der Waals surface area contributed by atoms with Gasteiger partial charge in [0, 0.05) is 12.1 Å². The summed E-state index contributed by atoms with van der Waals surface area (Å²) in [7, 11) is 0. The SMILES string of the molecule is O=C(O)c1ccc([N+](=O)[O-])cc1.O=C(O)c1ccccc1O. The number of para-hydroxylation sites is 1. The molecular weight excluding hydrogens is 294 g/mol. The van der Waals surface area contributed by atoms with Crippen molar-refractivity contribution in [3.8, 4) is 5.75 Å². The Kier molecular flexibility index (Phi) is 5.58. The van der Waals surface area contributed by atoms with E-state index in [1.807, 2.05) is 0 Å². The van der Waals surface area contributed by atoms with Crippen LogP contribution in [0.25, 0.3) is 0 Å². The van der Waals surface area contributed by atoms with Crippen LogP contribution in [0.3, 0.4) is 0 Å². The van der Waals surface area contributed by atoms with Gasteiger partial charge in [-0.1, -0.05) is 12.1 Å². The van der Waals surface area contributed by atoms with E-state index in [1.165, 1.54) is 24.3 Å². The average Bonchev–Trinajstić information content (AvgIpc) is 2.48. The highest BCUT2D eigenvalue weighted by molar-refractivity contribution is 5.90. The molecule has 0 amide bonds. The Morgan fingerprint density at radius 2 is 1.45 bits per heavy atom. The van der Waals surface area contributed by atoms with E-state index in [4.69, 9.17) is 15.3 Å². The minimum absolute atomic E-state index is 0.0422. The van der Waals surface area contributed by atoms with Gasteiger partial charge in [0.25, 0.3) is 5.69 Å². The molecule has 8 nitrogen and oxygen atoms in total. The molecule has 0 bridgehead atoms. The summed E-state index contributed by atoms with van der Waals surface area (Å²) in [6, 6.07) is 10.5. The molecular formula is C14H11NO7. The molecule has 22 heavy (non-hydrogen) atoms. The zero-order valence-corrected chi connectivity index (χ0v) is 11.0. The zero-order valence-electron chi connectivity index (χ0n) is 11.0. The van der Waals surface area contributed by atoms with Gasteiger partial charge in [0.15, 0.2) is 0 Å². The van der Waals surface area contributed by atoms with Crippen molar-refractivity contribution in [2.45, 2.75) is 0 Å². The number of non-ortho nitro benzene ring substituents is 1. The number of carboxylic acids is 2. The third-order valence-electron chi connectivity index (χ3n) is 2.46. The molecule has 0 saturated carbocycles. The lowest BCUT2D eigenvalue weighted by Gasteiger charge is -1.95. The Morgan fingerprint density at radius 3 is 1.82 bits per heavy atom. The fraction of sp³-hybridized carbons (Fsp3) is 0. The number of carbonyl (C=O) groups is 2. The van der Waals surface area contributed by atoms with Crippen LogP contribution < -0.4 is 0 Å². The van der Waals surface area contributed by atoms with Gasteiger partial charge < -0.3 is 15.3 Å². The molecule has 0 radical (unpaired) electrons. The Bertz CT molecular complexity index is 662. The number of aromatic carboxylic acids is 2. The molecule has 3 N–H and O–H groups in total.